The average molecular weight is 220 g/mol. The number of hydrogen-bond acceptors (Lipinski definition) is 3. The molecule has 0 bridgehead atoms. The van der Waals surface area contributed by atoms with E-state index in [1.54, 1.807) is 4.90 Å². The van der Waals surface area contributed by atoms with Crippen LogP contribution in [0.4, 0.5) is 0 Å². The van der Waals surface area contributed by atoms with Gasteiger partial charge in [0.05, 0.1) is 0 Å². The van der Waals surface area contributed by atoms with E-state index in [1.165, 1.54) is 0 Å². The molecule has 82 valence electrons. The topological polar surface area (TPSA) is 80.5 Å². The SMILES string of the molecule is NS(=O)(=O)CC(=O)N1CCCCCC1. The molecule has 0 unspecified atom stereocenters. The zero-order valence-electron chi connectivity index (χ0n) is 8.11. The Kier molecular flexibility index (Phi) is 3.88. The molecule has 1 rings (SSSR count). The minimum atomic E-state index is -3.68. The number of carbonyl (C=O) groups is 1. The average Bonchev–Trinajstić information content (AvgIpc) is 2.27. The lowest BCUT2D eigenvalue weighted by Crippen LogP contribution is -2.38. The highest BCUT2D eigenvalue weighted by atomic mass is 32.2. The first-order valence-corrected chi connectivity index (χ1v) is 6.49. The first kappa shape index (κ1) is 11.5. The van der Waals surface area contributed by atoms with Crippen LogP contribution in [0.5, 0.6) is 0 Å². The summed E-state index contributed by atoms with van der Waals surface area (Å²) in [6.07, 6.45) is 4.13. The number of carbonyl (C=O) groups excluding carboxylic acids is 1. The molecule has 1 fully saturated rings. The van der Waals surface area contributed by atoms with Gasteiger partial charge in [0.15, 0.2) is 0 Å². The van der Waals surface area contributed by atoms with Crippen molar-refractivity contribution in [1.29, 1.82) is 0 Å². The van der Waals surface area contributed by atoms with E-state index in [2.05, 4.69) is 0 Å². The van der Waals surface area contributed by atoms with Gasteiger partial charge >= 0.3 is 0 Å². The van der Waals surface area contributed by atoms with Gasteiger partial charge in [-0.15, -0.1) is 0 Å². The molecule has 0 aromatic heterocycles. The molecule has 0 atom stereocenters. The van der Waals surface area contributed by atoms with Crippen LogP contribution in [-0.2, 0) is 14.8 Å². The van der Waals surface area contributed by atoms with Gasteiger partial charge in [-0.25, -0.2) is 13.6 Å². The van der Waals surface area contributed by atoms with Crippen LogP contribution in [0.1, 0.15) is 25.7 Å². The van der Waals surface area contributed by atoms with E-state index in [0.717, 1.165) is 25.7 Å². The first-order valence-electron chi connectivity index (χ1n) is 4.77. The highest BCUT2D eigenvalue weighted by molar-refractivity contribution is 7.89. The summed E-state index contributed by atoms with van der Waals surface area (Å²) in [5.41, 5.74) is 0. The van der Waals surface area contributed by atoms with E-state index in [1.807, 2.05) is 0 Å². The molecule has 5 nitrogen and oxygen atoms in total. The van der Waals surface area contributed by atoms with Crippen molar-refractivity contribution in [3.8, 4) is 0 Å². The van der Waals surface area contributed by atoms with Crippen molar-refractivity contribution in [3.05, 3.63) is 0 Å². The third-order valence-corrected chi connectivity index (χ3v) is 2.93. The van der Waals surface area contributed by atoms with Gasteiger partial charge in [0.2, 0.25) is 15.9 Å². The molecule has 14 heavy (non-hydrogen) atoms. The van der Waals surface area contributed by atoms with Gasteiger partial charge in [0, 0.05) is 13.1 Å². The molecule has 1 aliphatic rings. The van der Waals surface area contributed by atoms with Gasteiger partial charge in [0.1, 0.15) is 5.75 Å². The molecule has 0 saturated carbocycles. The van der Waals surface area contributed by atoms with Crippen molar-refractivity contribution in [2.24, 2.45) is 5.14 Å². The van der Waals surface area contributed by atoms with Gasteiger partial charge in [-0.05, 0) is 12.8 Å². The van der Waals surface area contributed by atoms with Crippen molar-refractivity contribution >= 4 is 15.9 Å². The molecule has 0 spiro atoms. The van der Waals surface area contributed by atoms with E-state index in [0.29, 0.717) is 13.1 Å². The number of rotatable bonds is 2. The van der Waals surface area contributed by atoms with E-state index in [9.17, 15) is 13.2 Å². The van der Waals surface area contributed by atoms with Gasteiger partial charge in [-0.1, -0.05) is 12.8 Å². The van der Waals surface area contributed by atoms with Crippen LogP contribution < -0.4 is 5.14 Å². The summed E-state index contributed by atoms with van der Waals surface area (Å²) in [6, 6.07) is 0. The lowest BCUT2D eigenvalue weighted by Gasteiger charge is -2.19. The Morgan fingerprint density at radius 1 is 1.14 bits per heavy atom. The van der Waals surface area contributed by atoms with Gasteiger partial charge in [0.25, 0.3) is 0 Å². The van der Waals surface area contributed by atoms with Crippen LogP contribution in [0.25, 0.3) is 0 Å². The number of nitrogens with two attached hydrogens (primary N) is 1. The van der Waals surface area contributed by atoms with Crippen molar-refractivity contribution in [3.63, 3.8) is 0 Å². The van der Waals surface area contributed by atoms with E-state index in [-0.39, 0.29) is 5.91 Å². The van der Waals surface area contributed by atoms with E-state index < -0.39 is 15.8 Å². The quantitative estimate of drug-likeness (QED) is 0.692. The Morgan fingerprint density at radius 2 is 1.64 bits per heavy atom. The smallest absolute Gasteiger partial charge is 0.239 e. The number of primary sulfonamides is 1. The van der Waals surface area contributed by atoms with Crippen LogP contribution in [0.2, 0.25) is 0 Å². The molecule has 1 saturated heterocycles. The number of hydrogen-bond donors (Lipinski definition) is 1. The largest absolute Gasteiger partial charge is 0.342 e. The fraction of sp³-hybridized carbons (Fsp3) is 0.875. The van der Waals surface area contributed by atoms with Crippen LogP contribution in [0.15, 0.2) is 0 Å². The molecular formula is C8H16N2O3S. The maximum Gasteiger partial charge on any atom is 0.239 e. The Hall–Kier alpha value is -0.620. The standard InChI is InChI=1S/C8H16N2O3S/c9-14(12,13)7-8(11)10-5-3-1-2-4-6-10/h1-7H2,(H2,9,12,13). The lowest BCUT2D eigenvalue weighted by atomic mass is 10.2. The Morgan fingerprint density at radius 3 is 2.07 bits per heavy atom. The summed E-state index contributed by atoms with van der Waals surface area (Å²) < 4.78 is 21.4. The predicted octanol–water partition coefficient (Wildman–Crippen LogP) is -0.323. The van der Waals surface area contributed by atoms with Gasteiger partial charge < -0.3 is 4.90 Å². The number of nitrogens with zero attached hydrogens (tertiary/aromatic N) is 1. The molecule has 0 aliphatic carbocycles. The van der Waals surface area contributed by atoms with Crippen molar-refractivity contribution in [2.45, 2.75) is 25.7 Å². The minimum absolute atomic E-state index is 0.366. The molecule has 6 heteroatoms. The van der Waals surface area contributed by atoms with Crippen molar-refractivity contribution in [2.75, 3.05) is 18.8 Å². The first-order chi connectivity index (χ1) is 6.49. The van der Waals surface area contributed by atoms with Crippen LogP contribution in [0.3, 0.4) is 0 Å². The predicted molar refractivity (Wildman–Crippen MR) is 53.0 cm³/mol. The summed E-state index contributed by atoms with van der Waals surface area (Å²) in [7, 11) is -3.68. The minimum Gasteiger partial charge on any atom is -0.342 e. The fourth-order valence-corrected chi connectivity index (χ4v) is 2.11. The third-order valence-electron chi connectivity index (χ3n) is 2.28. The van der Waals surface area contributed by atoms with E-state index >= 15 is 0 Å². The molecule has 0 aromatic carbocycles. The van der Waals surface area contributed by atoms with Gasteiger partial charge in [-0.2, -0.15) is 0 Å². The summed E-state index contributed by atoms with van der Waals surface area (Å²) in [5.74, 6) is -0.929. The highest BCUT2D eigenvalue weighted by Gasteiger charge is 2.19. The zero-order chi connectivity index (χ0) is 10.6. The van der Waals surface area contributed by atoms with Crippen LogP contribution in [0, 0.1) is 0 Å². The lowest BCUT2D eigenvalue weighted by molar-refractivity contribution is -0.128. The Bertz CT molecular complexity index is 292. The summed E-state index contributed by atoms with van der Waals surface area (Å²) in [5, 5.41) is 4.81. The second kappa shape index (κ2) is 4.75. The molecule has 2 N–H and O–H groups in total. The van der Waals surface area contributed by atoms with Crippen LogP contribution >= 0.6 is 0 Å². The second-order valence-corrected chi connectivity index (χ2v) is 5.22. The van der Waals surface area contributed by atoms with Crippen LogP contribution in [-0.4, -0.2) is 38.1 Å². The maximum atomic E-state index is 11.4. The number of sulfonamides is 1. The fourth-order valence-electron chi connectivity index (χ4n) is 1.58. The van der Waals surface area contributed by atoms with E-state index in [4.69, 9.17) is 5.14 Å². The molecule has 1 aliphatic heterocycles. The molecule has 1 amide bonds. The van der Waals surface area contributed by atoms with Crippen molar-refractivity contribution < 1.29 is 13.2 Å². The highest BCUT2D eigenvalue weighted by Crippen LogP contribution is 2.09. The maximum absolute atomic E-state index is 11.4. The molecule has 0 radical (unpaired) electrons. The molecule has 0 aromatic rings. The third kappa shape index (κ3) is 4.06. The summed E-state index contributed by atoms with van der Waals surface area (Å²) in [6.45, 7) is 1.32. The Balaban J connectivity index is 2.50. The monoisotopic (exact) mass is 220 g/mol. The second-order valence-electron chi connectivity index (χ2n) is 3.60. The normalized spacial score (nSPS) is 19.1. The Labute approximate surface area is 84.3 Å². The molecule has 1 heterocycles. The summed E-state index contributed by atoms with van der Waals surface area (Å²) >= 11 is 0. The van der Waals surface area contributed by atoms with Crippen molar-refractivity contribution in [1.82, 2.24) is 4.90 Å². The zero-order valence-corrected chi connectivity index (χ0v) is 8.92. The molecular weight excluding hydrogens is 204 g/mol. The summed E-state index contributed by atoms with van der Waals surface area (Å²) in [4.78, 5) is 13.0. The number of amides is 1. The van der Waals surface area contributed by atoms with Gasteiger partial charge in [-0.3, -0.25) is 4.79 Å². The number of likely N-dealkylation sites (tertiary alicyclic amines) is 1.